The molecule has 4 aromatic rings. The molecule has 0 saturated heterocycles. The predicted octanol–water partition coefficient (Wildman–Crippen LogP) is 4.54. The fourth-order valence-electron chi connectivity index (χ4n) is 4.23. The fourth-order valence-corrected chi connectivity index (χ4v) is 4.23. The van der Waals surface area contributed by atoms with Crippen LogP contribution >= 0.6 is 0 Å². The van der Waals surface area contributed by atoms with E-state index >= 15 is 0 Å². The monoisotopic (exact) mass is 413 g/mol. The predicted molar refractivity (Wildman–Crippen MR) is 115 cm³/mol. The molecule has 1 aromatic heterocycles. The van der Waals surface area contributed by atoms with E-state index in [-0.39, 0.29) is 12.4 Å². The van der Waals surface area contributed by atoms with E-state index in [1.807, 2.05) is 60.7 Å². The Morgan fingerprint density at radius 3 is 2.58 bits per heavy atom. The van der Waals surface area contributed by atoms with Crippen LogP contribution in [0.15, 0.2) is 75.9 Å². The van der Waals surface area contributed by atoms with Gasteiger partial charge in [0.2, 0.25) is 6.79 Å². The van der Waals surface area contributed by atoms with Gasteiger partial charge >= 0.3 is 5.63 Å². The Labute approximate surface area is 178 Å². The largest absolute Gasteiger partial charge is 0.478 e. The third-order valence-electron chi connectivity index (χ3n) is 5.68. The van der Waals surface area contributed by atoms with Crippen LogP contribution in [0.4, 0.5) is 0 Å². The Kier molecular flexibility index (Phi) is 4.18. The summed E-state index contributed by atoms with van der Waals surface area (Å²) in [5.41, 5.74) is 4.05. The van der Waals surface area contributed by atoms with E-state index in [1.165, 1.54) is 0 Å². The molecule has 0 radical (unpaired) electrons. The zero-order chi connectivity index (χ0) is 20.8. The van der Waals surface area contributed by atoms with E-state index in [0.717, 1.165) is 44.9 Å². The molecular formula is C25H19NO5. The van der Waals surface area contributed by atoms with Gasteiger partial charge in [0.05, 0.1) is 5.56 Å². The molecule has 6 nitrogen and oxygen atoms in total. The van der Waals surface area contributed by atoms with Crippen LogP contribution in [0.25, 0.3) is 22.1 Å². The van der Waals surface area contributed by atoms with Gasteiger partial charge in [0.1, 0.15) is 18.1 Å². The van der Waals surface area contributed by atoms with Crippen molar-refractivity contribution in [1.29, 1.82) is 0 Å². The van der Waals surface area contributed by atoms with E-state index in [9.17, 15) is 4.79 Å². The number of fused-ring (bicyclic) bond motifs is 4. The third-order valence-corrected chi connectivity index (χ3v) is 5.68. The molecule has 0 aliphatic carbocycles. The highest BCUT2D eigenvalue weighted by atomic mass is 16.7. The van der Waals surface area contributed by atoms with Gasteiger partial charge in [-0.25, -0.2) is 4.79 Å². The summed E-state index contributed by atoms with van der Waals surface area (Å²) in [5.74, 6) is 2.28. The number of rotatable bonds is 3. The van der Waals surface area contributed by atoms with Gasteiger partial charge in [-0.05, 0) is 41.0 Å². The number of hydrogen-bond acceptors (Lipinski definition) is 6. The molecule has 2 aliphatic rings. The molecule has 0 N–H and O–H groups in total. The lowest BCUT2D eigenvalue weighted by Gasteiger charge is -2.29. The van der Waals surface area contributed by atoms with Crippen LogP contribution < -0.4 is 19.8 Å². The van der Waals surface area contributed by atoms with Gasteiger partial charge < -0.3 is 18.6 Å². The first-order valence-corrected chi connectivity index (χ1v) is 10.1. The normalized spacial score (nSPS) is 15.0. The van der Waals surface area contributed by atoms with Gasteiger partial charge in [-0.15, -0.1) is 0 Å². The van der Waals surface area contributed by atoms with Crippen molar-refractivity contribution in [3.8, 4) is 28.4 Å². The van der Waals surface area contributed by atoms with Gasteiger partial charge in [-0.2, -0.15) is 0 Å². The molecule has 0 unspecified atom stereocenters. The molecule has 31 heavy (non-hydrogen) atoms. The number of hydrogen-bond donors (Lipinski definition) is 0. The van der Waals surface area contributed by atoms with E-state index in [0.29, 0.717) is 25.4 Å². The van der Waals surface area contributed by atoms with Crippen molar-refractivity contribution in [2.24, 2.45) is 0 Å². The average Bonchev–Trinajstić information content (AvgIpc) is 3.27. The lowest BCUT2D eigenvalue weighted by molar-refractivity contribution is 0.0889. The molecule has 6 rings (SSSR count). The van der Waals surface area contributed by atoms with Gasteiger partial charge in [0.25, 0.3) is 0 Å². The molecule has 0 spiro atoms. The van der Waals surface area contributed by atoms with Crippen LogP contribution in [0.2, 0.25) is 0 Å². The number of nitrogens with zero attached hydrogens (tertiary/aromatic N) is 1. The van der Waals surface area contributed by atoms with E-state index in [1.54, 1.807) is 6.07 Å². The first-order chi connectivity index (χ1) is 15.2. The highest BCUT2D eigenvalue weighted by Gasteiger charge is 2.23. The average molecular weight is 413 g/mol. The number of benzene rings is 3. The van der Waals surface area contributed by atoms with Gasteiger partial charge in [0.15, 0.2) is 11.5 Å². The quantitative estimate of drug-likeness (QED) is 0.460. The van der Waals surface area contributed by atoms with Crippen LogP contribution in [0.3, 0.4) is 0 Å². The molecule has 0 fully saturated rings. The van der Waals surface area contributed by atoms with Gasteiger partial charge in [-0.3, -0.25) is 4.90 Å². The molecule has 3 heterocycles. The van der Waals surface area contributed by atoms with Crippen LogP contribution in [0.5, 0.6) is 17.2 Å². The standard InChI is InChI=1S/C25H19NO5/c27-24-11-19(17-4-2-1-3-5-17)18-7-9-21-20(25(18)31-24)13-26(14-28-21)12-16-6-8-22-23(10-16)30-15-29-22/h1-11H,12-15H2. The summed E-state index contributed by atoms with van der Waals surface area (Å²) in [6, 6.07) is 21.3. The third kappa shape index (κ3) is 3.21. The van der Waals surface area contributed by atoms with Crippen molar-refractivity contribution in [1.82, 2.24) is 4.90 Å². The molecule has 0 amide bonds. The van der Waals surface area contributed by atoms with E-state index in [2.05, 4.69) is 4.90 Å². The highest BCUT2D eigenvalue weighted by Crippen LogP contribution is 2.37. The minimum Gasteiger partial charge on any atom is -0.478 e. The Morgan fingerprint density at radius 1 is 0.839 bits per heavy atom. The summed E-state index contributed by atoms with van der Waals surface area (Å²) in [6.07, 6.45) is 0. The maximum absolute atomic E-state index is 12.4. The highest BCUT2D eigenvalue weighted by molar-refractivity contribution is 5.95. The van der Waals surface area contributed by atoms with Crippen molar-refractivity contribution in [3.05, 3.63) is 88.3 Å². The minimum absolute atomic E-state index is 0.258. The maximum atomic E-state index is 12.4. The molecule has 6 heteroatoms. The van der Waals surface area contributed by atoms with Crippen molar-refractivity contribution in [3.63, 3.8) is 0 Å². The Balaban J connectivity index is 1.38. The van der Waals surface area contributed by atoms with Crippen LogP contribution in [0.1, 0.15) is 11.1 Å². The summed E-state index contributed by atoms with van der Waals surface area (Å²) < 4.78 is 22.6. The zero-order valence-corrected chi connectivity index (χ0v) is 16.7. The van der Waals surface area contributed by atoms with Gasteiger partial charge in [-0.1, -0.05) is 36.4 Å². The summed E-state index contributed by atoms with van der Waals surface area (Å²) in [6.45, 7) is 2.00. The zero-order valence-electron chi connectivity index (χ0n) is 16.7. The number of ether oxygens (including phenoxy) is 3. The first-order valence-electron chi connectivity index (χ1n) is 10.1. The fraction of sp³-hybridized carbons (Fsp3) is 0.160. The second-order valence-corrected chi connectivity index (χ2v) is 7.71. The van der Waals surface area contributed by atoms with Crippen molar-refractivity contribution < 1.29 is 18.6 Å². The summed E-state index contributed by atoms with van der Waals surface area (Å²) >= 11 is 0. The second-order valence-electron chi connectivity index (χ2n) is 7.71. The van der Waals surface area contributed by atoms with Crippen molar-refractivity contribution in [2.75, 3.05) is 13.5 Å². The molecular weight excluding hydrogens is 394 g/mol. The molecule has 3 aromatic carbocycles. The lowest BCUT2D eigenvalue weighted by Crippen LogP contribution is -2.31. The molecule has 2 aliphatic heterocycles. The SMILES string of the molecule is O=c1cc(-c2ccccc2)c2ccc3c(c2o1)CN(Cc1ccc2c(c1)OCO2)CO3. The Hall–Kier alpha value is -3.77. The summed E-state index contributed by atoms with van der Waals surface area (Å²) in [5, 5.41) is 0.901. The van der Waals surface area contributed by atoms with Crippen LogP contribution in [-0.2, 0) is 13.1 Å². The second kappa shape index (κ2) is 7.18. The topological polar surface area (TPSA) is 61.1 Å². The van der Waals surface area contributed by atoms with Crippen molar-refractivity contribution >= 4 is 11.0 Å². The van der Waals surface area contributed by atoms with Crippen LogP contribution in [-0.4, -0.2) is 18.4 Å². The lowest BCUT2D eigenvalue weighted by atomic mass is 9.99. The van der Waals surface area contributed by atoms with Crippen molar-refractivity contribution in [2.45, 2.75) is 13.1 Å². The molecule has 0 saturated carbocycles. The summed E-state index contributed by atoms with van der Waals surface area (Å²) in [7, 11) is 0. The Bertz CT molecular complexity index is 1350. The first kappa shape index (κ1) is 18.0. The smallest absolute Gasteiger partial charge is 0.336 e. The summed E-state index contributed by atoms with van der Waals surface area (Å²) in [4.78, 5) is 14.6. The van der Waals surface area contributed by atoms with Gasteiger partial charge in [0, 0.05) is 24.5 Å². The maximum Gasteiger partial charge on any atom is 0.336 e. The molecule has 0 bridgehead atoms. The Morgan fingerprint density at radius 2 is 1.68 bits per heavy atom. The van der Waals surface area contributed by atoms with E-state index < -0.39 is 0 Å². The van der Waals surface area contributed by atoms with E-state index in [4.69, 9.17) is 18.6 Å². The molecule has 154 valence electrons. The molecule has 0 atom stereocenters. The minimum atomic E-state index is -0.368. The van der Waals surface area contributed by atoms with Crippen LogP contribution in [0, 0.1) is 0 Å².